The van der Waals surface area contributed by atoms with Gasteiger partial charge in [0.2, 0.25) is 0 Å². The van der Waals surface area contributed by atoms with Crippen LogP contribution in [0.3, 0.4) is 0 Å². The van der Waals surface area contributed by atoms with E-state index in [2.05, 4.69) is 0 Å². The van der Waals surface area contributed by atoms with Gasteiger partial charge in [-0.1, -0.05) is 0 Å². The lowest BCUT2D eigenvalue weighted by Gasteiger charge is -1.89. The summed E-state index contributed by atoms with van der Waals surface area (Å²) in [5.41, 5.74) is 0.402. The minimum absolute atomic E-state index is 0.0649. The number of thiophene rings is 1. The quantitative estimate of drug-likeness (QED) is 0.659. The van der Waals surface area contributed by atoms with Gasteiger partial charge in [-0.3, -0.25) is 0 Å². The summed E-state index contributed by atoms with van der Waals surface area (Å²) in [4.78, 5) is 0.0649. The van der Waals surface area contributed by atoms with Crippen molar-refractivity contribution in [2.24, 2.45) is 0 Å². The van der Waals surface area contributed by atoms with Gasteiger partial charge in [0.1, 0.15) is 10.9 Å². The second-order valence-corrected chi connectivity index (χ2v) is 3.73. The van der Waals surface area contributed by atoms with Crippen molar-refractivity contribution in [1.29, 1.82) is 10.5 Å². The number of hydrogen-bond donors (Lipinski definition) is 0. The van der Waals surface area contributed by atoms with E-state index in [-0.39, 0.29) is 4.88 Å². The van der Waals surface area contributed by atoms with Crippen LogP contribution in [0.15, 0.2) is 18.2 Å². The average molecular weight is 202 g/mol. The lowest BCUT2D eigenvalue weighted by molar-refractivity contribution is 0.641. The molecule has 0 aliphatic carbocycles. The fraction of sp³-hybridized carbons (Fsp3) is 0. The van der Waals surface area contributed by atoms with Crippen LogP contribution in [0.5, 0.6) is 0 Å². The molecule has 0 bridgehead atoms. The molecule has 0 unspecified atom stereocenters. The molecule has 0 aliphatic heterocycles. The molecule has 0 fully saturated rings. The maximum atomic E-state index is 13.4. The number of halogens is 1. The first-order valence-electron chi connectivity index (χ1n) is 3.78. The Labute approximate surface area is 83.4 Å². The van der Waals surface area contributed by atoms with Crippen LogP contribution in [0.4, 0.5) is 4.39 Å². The van der Waals surface area contributed by atoms with Crippen LogP contribution in [0.2, 0.25) is 0 Å². The van der Waals surface area contributed by atoms with E-state index in [9.17, 15) is 4.39 Å². The fourth-order valence-corrected chi connectivity index (χ4v) is 2.07. The van der Waals surface area contributed by atoms with Crippen LogP contribution in [-0.2, 0) is 0 Å². The molecular formula is C10H3FN2S. The molecule has 0 N–H and O–H groups in total. The highest BCUT2D eigenvalue weighted by atomic mass is 32.1. The smallest absolute Gasteiger partial charge is 0.159 e. The van der Waals surface area contributed by atoms with Gasteiger partial charge in [0.05, 0.1) is 11.6 Å². The highest BCUT2D eigenvalue weighted by molar-refractivity contribution is 7.19. The fourth-order valence-electron chi connectivity index (χ4n) is 1.21. The zero-order valence-electron chi connectivity index (χ0n) is 6.91. The topological polar surface area (TPSA) is 47.6 Å². The number of rotatable bonds is 0. The summed E-state index contributed by atoms with van der Waals surface area (Å²) >= 11 is 1.10. The van der Waals surface area contributed by atoms with Crippen LogP contribution in [0.25, 0.3) is 10.1 Å². The first-order chi connectivity index (χ1) is 6.76. The van der Waals surface area contributed by atoms with Crippen molar-refractivity contribution in [3.05, 3.63) is 34.5 Å². The molecular weight excluding hydrogens is 199 g/mol. The van der Waals surface area contributed by atoms with Crippen LogP contribution < -0.4 is 0 Å². The third-order valence-electron chi connectivity index (χ3n) is 1.86. The standard InChI is InChI=1S/C10H3FN2S/c11-10-7-3-6(4-12)1-2-8(7)14-9(10)5-13/h1-3H. The third kappa shape index (κ3) is 1.14. The van der Waals surface area contributed by atoms with E-state index < -0.39 is 5.82 Å². The lowest BCUT2D eigenvalue weighted by atomic mass is 10.2. The molecule has 2 rings (SSSR count). The number of nitrogens with zero attached hydrogens (tertiary/aromatic N) is 2. The third-order valence-corrected chi connectivity index (χ3v) is 2.91. The first-order valence-corrected chi connectivity index (χ1v) is 4.60. The molecule has 14 heavy (non-hydrogen) atoms. The second kappa shape index (κ2) is 3.10. The summed E-state index contributed by atoms with van der Waals surface area (Å²) in [5, 5.41) is 17.6. The van der Waals surface area contributed by atoms with Gasteiger partial charge in [-0.05, 0) is 18.2 Å². The van der Waals surface area contributed by atoms with Gasteiger partial charge in [0, 0.05) is 10.1 Å². The van der Waals surface area contributed by atoms with E-state index in [0.717, 1.165) is 11.3 Å². The maximum Gasteiger partial charge on any atom is 0.159 e. The van der Waals surface area contributed by atoms with Crippen molar-refractivity contribution >= 4 is 21.4 Å². The van der Waals surface area contributed by atoms with E-state index in [0.29, 0.717) is 15.6 Å². The van der Waals surface area contributed by atoms with E-state index in [1.807, 2.05) is 6.07 Å². The van der Waals surface area contributed by atoms with Gasteiger partial charge >= 0.3 is 0 Å². The predicted molar refractivity (Wildman–Crippen MR) is 51.2 cm³/mol. The number of hydrogen-bond acceptors (Lipinski definition) is 3. The molecule has 0 spiro atoms. The van der Waals surface area contributed by atoms with Gasteiger partial charge < -0.3 is 0 Å². The Bertz CT molecular complexity index is 586. The van der Waals surface area contributed by atoms with Crippen molar-refractivity contribution in [2.75, 3.05) is 0 Å². The summed E-state index contributed by atoms with van der Waals surface area (Å²) < 4.78 is 14.1. The molecule has 1 heterocycles. The van der Waals surface area contributed by atoms with Gasteiger partial charge in [0.15, 0.2) is 5.82 Å². The van der Waals surface area contributed by atoms with E-state index in [1.54, 1.807) is 18.2 Å². The minimum Gasteiger partial charge on any atom is -0.204 e. The molecule has 0 aliphatic rings. The molecule has 0 atom stereocenters. The van der Waals surface area contributed by atoms with E-state index in [4.69, 9.17) is 10.5 Å². The van der Waals surface area contributed by atoms with Gasteiger partial charge in [0.25, 0.3) is 0 Å². The van der Waals surface area contributed by atoms with E-state index >= 15 is 0 Å². The Kier molecular flexibility index (Phi) is 1.92. The Morgan fingerprint density at radius 3 is 2.64 bits per heavy atom. The molecule has 0 radical (unpaired) electrons. The predicted octanol–water partition coefficient (Wildman–Crippen LogP) is 2.78. The minimum atomic E-state index is -0.524. The number of benzene rings is 1. The molecule has 0 saturated carbocycles. The van der Waals surface area contributed by atoms with Crippen LogP contribution in [0.1, 0.15) is 10.4 Å². The molecule has 0 saturated heterocycles. The molecule has 4 heteroatoms. The van der Waals surface area contributed by atoms with Crippen molar-refractivity contribution < 1.29 is 4.39 Å². The summed E-state index contributed by atoms with van der Waals surface area (Å²) in [6.45, 7) is 0. The summed E-state index contributed by atoms with van der Waals surface area (Å²) in [5.74, 6) is -0.524. The molecule has 2 aromatic rings. The largest absolute Gasteiger partial charge is 0.204 e. The number of fused-ring (bicyclic) bond motifs is 1. The van der Waals surface area contributed by atoms with Crippen molar-refractivity contribution in [1.82, 2.24) is 0 Å². The van der Waals surface area contributed by atoms with Crippen molar-refractivity contribution in [2.45, 2.75) is 0 Å². The number of nitriles is 2. The molecule has 1 aromatic carbocycles. The monoisotopic (exact) mass is 202 g/mol. The van der Waals surface area contributed by atoms with E-state index in [1.165, 1.54) is 6.07 Å². The maximum absolute atomic E-state index is 13.4. The lowest BCUT2D eigenvalue weighted by Crippen LogP contribution is -1.76. The van der Waals surface area contributed by atoms with Crippen LogP contribution >= 0.6 is 11.3 Å². The first kappa shape index (κ1) is 8.68. The highest BCUT2D eigenvalue weighted by Crippen LogP contribution is 2.29. The summed E-state index contributed by atoms with van der Waals surface area (Å²) in [6, 6.07) is 8.44. The van der Waals surface area contributed by atoms with Gasteiger partial charge in [-0.25, -0.2) is 4.39 Å². The van der Waals surface area contributed by atoms with Crippen LogP contribution in [0, 0.1) is 28.5 Å². The van der Waals surface area contributed by atoms with Crippen molar-refractivity contribution in [3.63, 3.8) is 0 Å². The Hall–Kier alpha value is -1.91. The zero-order chi connectivity index (χ0) is 10.1. The highest BCUT2D eigenvalue weighted by Gasteiger charge is 2.11. The average Bonchev–Trinajstić information content (AvgIpc) is 2.55. The second-order valence-electron chi connectivity index (χ2n) is 2.68. The molecule has 0 amide bonds. The Morgan fingerprint density at radius 1 is 1.21 bits per heavy atom. The Morgan fingerprint density at radius 2 is 2.00 bits per heavy atom. The zero-order valence-corrected chi connectivity index (χ0v) is 7.73. The van der Waals surface area contributed by atoms with Gasteiger partial charge in [-0.15, -0.1) is 11.3 Å². The molecule has 2 nitrogen and oxygen atoms in total. The normalized spacial score (nSPS) is 9.64. The summed E-state index contributed by atoms with van der Waals surface area (Å²) in [7, 11) is 0. The summed E-state index contributed by atoms with van der Waals surface area (Å²) in [6.07, 6.45) is 0. The van der Waals surface area contributed by atoms with Gasteiger partial charge in [-0.2, -0.15) is 10.5 Å². The molecule has 66 valence electrons. The Balaban J connectivity index is 2.84. The SMILES string of the molecule is N#Cc1ccc2sc(C#N)c(F)c2c1. The van der Waals surface area contributed by atoms with Crippen molar-refractivity contribution in [3.8, 4) is 12.1 Å². The van der Waals surface area contributed by atoms with Crippen LogP contribution in [-0.4, -0.2) is 0 Å². The molecule has 1 aromatic heterocycles.